The number of likely N-dealkylation sites (N-methyl/N-ethyl adjacent to an activating group) is 1. The minimum absolute atomic E-state index is 0.0913. The standard InChI is InChI=1S/C12H21N3O/c1-6-10-7-11(14-9(2)13-10)15(5)12(3,4)8-16/h7,16H,6,8H2,1-5H3. The topological polar surface area (TPSA) is 49.2 Å². The second-order valence-electron chi connectivity index (χ2n) is 4.65. The van der Waals surface area contributed by atoms with Crippen molar-refractivity contribution in [2.45, 2.75) is 39.7 Å². The molecule has 4 heteroatoms. The highest BCUT2D eigenvalue weighted by Crippen LogP contribution is 2.20. The fourth-order valence-electron chi connectivity index (χ4n) is 1.38. The summed E-state index contributed by atoms with van der Waals surface area (Å²) < 4.78 is 0. The number of rotatable bonds is 4. The molecule has 1 rings (SSSR count). The Kier molecular flexibility index (Phi) is 3.86. The highest BCUT2D eigenvalue weighted by atomic mass is 16.3. The summed E-state index contributed by atoms with van der Waals surface area (Å²) in [4.78, 5) is 10.7. The number of aromatic nitrogens is 2. The normalized spacial score (nSPS) is 11.6. The first kappa shape index (κ1) is 12.9. The van der Waals surface area contributed by atoms with Gasteiger partial charge >= 0.3 is 0 Å². The van der Waals surface area contributed by atoms with E-state index in [1.807, 2.05) is 38.8 Å². The van der Waals surface area contributed by atoms with Crippen LogP contribution in [0.2, 0.25) is 0 Å². The molecule has 0 amide bonds. The molecule has 1 heterocycles. The Balaban J connectivity index is 3.08. The first-order valence-corrected chi connectivity index (χ1v) is 5.60. The molecule has 1 aromatic heterocycles. The molecule has 0 atom stereocenters. The van der Waals surface area contributed by atoms with E-state index < -0.39 is 0 Å². The summed E-state index contributed by atoms with van der Waals surface area (Å²) in [5.74, 6) is 1.64. The van der Waals surface area contributed by atoms with Crippen LogP contribution in [0.3, 0.4) is 0 Å². The molecule has 0 fully saturated rings. The van der Waals surface area contributed by atoms with Gasteiger partial charge in [0.15, 0.2) is 0 Å². The average molecular weight is 223 g/mol. The van der Waals surface area contributed by atoms with E-state index in [0.29, 0.717) is 0 Å². The molecule has 1 aromatic rings. The van der Waals surface area contributed by atoms with E-state index in [0.717, 1.165) is 23.8 Å². The third kappa shape index (κ3) is 2.70. The van der Waals surface area contributed by atoms with Crippen LogP contribution in [-0.2, 0) is 6.42 Å². The molecule has 0 unspecified atom stereocenters. The van der Waals surface area contributed by atoms with Gasteiger partial charge in [-0.2, -0.15) is 0 Å². The minimum Gasteiger partial charge on any atom is -0.394 e. The van der Waals surface area contributed by atoms with Gasteiger partial charge in [0.2, 0.25) is 0 Å². The van der Waals surface area contributed by atoms with E-state index in [4.69, 9.17) is 0 Å². The second-order valence-corrected chi connectivity index (χ2v) is 4.65. The predicted molar refractivity (Wildman–Crippen MR) is 65.7 cm³/mol. The van der Waals surface area contributed by atoms with Crippen molar-refractivity contribution in [2.75, 3.05) is 18.6 Å². The molecule has 0 bridgehead atoms. The SMILES string of the molecule is CCc1cc(N(C)C(C)(C)CO)nc(C)n1. The van der Waals surface area contributed by atoms with Gasteiger partial charge < -0.3 is 10.0 Å². The van der Waals surface area contributed by atoms with Crippen molar-refractivity contribution in [3.05, 3.63) is 17.6 Å². The van der Waals surface area contributed by atoms with Crippen molar-refractivity contribution in [3.63, 3.8) is 0 Å². The smallest absolute Gasteiger partial charge is 0.132 e. The van der Waals surface area contributed by atoms with E-state index in [9.17, 15) is 5.11 Å². The number of aryl methyl sites for hydroxylation is 2. The Morgan fingerprint density at radius 3 is 2.50 bits per heavy atom. The molecular weight excluding hydrogens is 202 g/mol. The van der Waals surface area contributed by atoms with E-state index in [2.05, 4.69) is 16.9 Å². The lowest BCUT2D eigenvalue weighted by molar-refractivity contribution is 0.215. The maximum atomic E-state index is 9.34. The Hall–Kier alpha value is -1.16. The Bertz CT molecular complexity index is 363. The molecule has 90 valence electrons. The Morgan fingerprint density at radius 1 is 1.38 bits per heavy atom. The van der Waals surface area contributed by atoms with Crippen LogP contribution >= 0.6 is 0 Å². The lowest BCUT2D eigenvalue weighted by Crippen LogP contribution is -2.45. The zero-order valence-electron chi connectivity index (χ0n) is 10.8. The molecule has 0 saturated carbocycles. The van der Waals surface area contributed by atoms with E-state index in [1.165, 1.54) is 0 Å². The number of aliphatic hydroxyl groups excluding tert-OH is 1. The molecule has 0 aliphatic heterocycles. The van der Waals surface area contributed by atoms with Crippen LogP contribution in [0.15, 0.2) is 6.07 Å². The quantitative estimate of drug-likeness (QED) is 0.841. The third-order valence-corrected chi connectivity index (χ3v) is 2.88. The summed E-state index contributed by atoms with van der Waals surface area (Å²) >= 11 is 0. The van der Waals surface area contributed by atoms with Gasteiger partial charge in [0.1, 0.15) is 11.6 Å². The third-order valence-electron chi connectivity index (χ3n) is 2.88. The molecule has 0 saturated heterocycles. The van der Waals surface area contributed by atoms with E-state index in [1.54, 1.807) is 0 Å². The Morgan fingerprint density at radius 2 is 2.00 bits per heavy atom. The zero-order chi connectivity index (χ0) is 12.3. The molecule has 0 spiro atoms. The van der Waals surface area contributed by atoms with Crippen molar-refractivity contribution in [2.24, 2.45) is 0 Å². The van der Waals surface area contributed by atoms with E-state index in [-0.39, 0.29) is 12.1 Å². The molecule has 0 radical (unpaired) electrons. The van der Waals surface area contributed by atoms with Gasteiger partial charge in [-0.25, -0.2) is 9.97 Å². The van der Waals surface area contributed by atoms with Crippen molar-refractivity contribution in [1.29, 1.82) is 0 Å². The van der Waals surface area contributed by atoms with Crippen molar-refractivity contribution in [3.8, 4) is 0 Å². The molecule has 0 aliphatic rings. The predicted octanol–water partition coefficient (Wildman–Crippen LogP) is 1.55. The molecule has 16 heavy (non-hydrogen) atoms. The lowest BCUT2D eigenvalue weighted by Gasteiger charge is -2.35. The fourth-order valence-corrected chi connectivity index (χ4v) is 1.38. The van der Waals surface area contributed by atoms with Crippen LogP contribution in [0, 0.1) is 6.92 Å². The van der Waals surface area contributed by atoms with Crippen LogP contribution in [0.1, 0.15) is 32.3 Å². The summed E-state index contributed by atoms with van der Waals surface area (Å²) in [7, 11) is 1.94. The molecule has 0 aliphatic carbocycles. The summed E-state index contributed by atoms with van der Waals surface area (Å²) in [6, 6.07) is 1.98. The number of hydrogen-bond donors (Lipinski definition) is 1. The van der Waals surface area contributed by atoms with Gasteiger partial charge in [-0.1, -0.05) is 6.92 Å². The molecule has 1 N–H and O–H groups in total. The van der Waals surface area contributed by atoms with Gasteiger partial charge in [0.05, 0.1) is 12.1 Å². The van der Waals surface area contributed by atoms with Crippen molar-refractivity contribution in [1.82, 2.24) is 9.97 Å². The second kappa shape index (κ2) is 4.78. The van der Waals surface area contributed by atoms with Crippen LogP contribution in [0.4, 0.5) is 5.82 Å². The van der Waals surface area contributed by atoms with Gasteiger partial charge in [0, 0.05) is 18.8 Å². The molecule has 0 aromatic carbocycles. The summed E-state index contributed by atoms with van der Waals surface area (Å²) in [6.07, 6.45) is 0.893. The van der Waals surface area contributed by atoms with Crippen LogP contribution in [0.5, 0.6) is 0 Å². The highest BCUT2D eigenvalue weighted by Gasteiger charge is 2.24. The summed E-state index contributed by atoms with van der Waals surface area (Å²) in [5.41, 5.74) is 0.717. The molecule has 4 nitrogen and oxygen atoms in total. The maximum absolute atomic E-state index is 9.34. The van der Waals surface area contributed by atoms with Crippen molar-refractivity contribution < 1.29 is 5.11 Å². The first-order chi connectivity index (χ1) is 7.40. The van der Waals surface area contributed by atoms with Crippen LogP contribution < -0.4 is 4.90 Å². The summed E-state index contributed by atoms with van der Waals surface area (Å²) in [6.45, 7) is 8.02. The fraction of sp³-hybridized carbons (Fsp3) is 0.667. The number of aliphatic hydroxyl groups is 1. The largest absolute Gasteiger partial charge is 0.394 e. The van der Waals surface area contributed by atoms with Gasteiger partial charge in [0.25, 0.3) is 0 Å². The average Bonchev–Trinajstić information content (AvgIpc) is 2.27. The number of hydrogen-bond acceptors (Lipinski definition) is 4. The Labute approximate surface area is 97.3 Å². The van der Waals surface area contributed by atoms with Crippen LogP contribution in [-0.4, -0.2) is 34.3 Å². The van der Waals surface area contributed by atoms with Crippen LogP contribution in [0.25, 0.3) is 0 Å². The lowest BCUT2D eigenvalue weighted by atomic mass is 10.1. The summed E-state index contributed by atoms with van der Waals surface area (Å²) in [5, 5.41) is 9.34. The monoisotopic (exact) mass is 223 g/mol. The zero-order valence-corrected chi connectivity index (χ0v) is 10.8. The first-order valence-electron chi connectivity index (χ1n) is 5.60. The van der Waals surface area contributed by atoms with Gasteiger partial charge in [-0.3, -0.25) is 0 Å². The van der Waals surface area contributed by atoms with Gasteiger partial charge in [-0.15, -0.1) is 0 Å². The minimum atomic E-state index is -0.314. The van der Waals surface area contributed by atoms with Gasteiger partial charge in [-0.05, 0) is 27.2 Å². The number of anilines is 1. The van der Waals surface area contributed by atoms with E-state index >= 15 is 0 Å². The highest BCUT2D eigenvalue weighted by molar-refractivity contribution is 5.41. The maximum Gasteiger partial charge on any atom is 0.132 e. The van der Waals surface area contributed by atoms with Crippen molar-refractivity contribution >= 4 is 5.82 Å². The number of nitrogens with zero attached hydrogens (tertiary/aromatic N) is 3. The molecular formula is C12H21N3O.